The van der Waals surface area contributed by atoms with Crippen LogP contribution in [0.2, 0.25) is 0 Å². The van der Waals surface area contributed by atoms with Crippen LogP contribution in [0.4, 0.5) is 0 Å². The van der Waals surface area contributed by atoms with E-state index >= 15 is 0 Å². The first-order valence-corrected chi connectivity index (χ1v) is 5.77. The Morgan fingerprint density at radius 2 is 2.40 bits per heavy atom. The minimum absolute atomic E-state index is 0.202. The highest BCUT2D eigenvalue weighted by Gasteiger charge is 2.47. The Balaban J connectivity index is 2.28. The molecule has 0 aromatic heterocycles. The Hall–Kier alpha value is -0.600. The Kier molecular flexibility index (Phi) is 2.73. The zero-order valence-electron chi connectivity index (χ0n) is 9.41. The molecule has 15 heavy (non-hydrogen) atoms. The van der Waals surface area contributed by atoms with Gasteiger partial charge in [0.2, 0.25) is 0 Å². The third-order valence-corrected chi connectivity index (χ3v) is 3.70. The molecule has 3 atom stereocenters. The maximum absolute atomic E-state index is 10.0. The number of allylic oxidation sites excluding steroid dienone is 1. The molecule has 2 rings (SSSR count). The van der Waals surface area contributed by atoms with Crippen LogP contribution >= 0.6 is 0 Å². The number of hydrogen-bond acceptors (Lipinski definition) is 2. The van der Waals surface area contributed by atoms with Gasteiger partial charge in [0.15, 0.2) is 0 Å². The van der Waals surface area contributed by atoms with Crippen molar-refractivity contribution in [2.75, 3.05) is 0 Å². The molecule has 1 N–H and O–H groups in total. The van der Waals surface area contributed by atoms with Gasteiger partial charge >= 0.3 is 0 Å². The lowest BCUT2D eigenvalue weighted by Gasteiger charge is -2.47. The summed E-state index contributed by atoms with van der Waals surface area (Å²) >= 11 is 0. The molecule has 0 aromatic rings. The van der Waals surface area contributed by atoms with E-state index in [2.05, 4.69) is 18.7 Å². The van der Waals surface area contributed by atoms with E-state index in [1.54, 1.807) is 0 Å². The summed E-state index contributed by atoms with van der Waals surface area (Å²) in [6, 6.07) is 0. The van der Waals surface area contributed by atoms with Crippen molar-refractivity contribution in [3.05, 3.63) is 24.8 Å². The van der Waals surface area contributed by atoms with Crippen LogP contribution in [0.1, 0.15) is 39.0 Å². The second-order valence-corrected chi connectivity index (χ2v) is 4.97. The van der Waals surface area contributed by atoms with Crippen molar-refractivity contribution in [2.24, 2.45) is 0 Å². The van der Waals surface area contributed by atoms with Gasteiger partial charge in [0.25, 0.3) is 0 Å². The Morgan fingerprint density at radius 3 is 3.13 bits per heavy atom. The van der Waals surface area contributed by atoms with Gasteiger partial charge in [0, 0.05) is 0 Å². The van der Waals surface area contributed by atoms with Crippen LogP contribution in [0.5, 0.6) is 0 Å². The van der Waals surface area contributed by atoms with Crippen LogP contribution in [0, 0.1) is 0 Å². The molecule has 84 valence electrons. The number of aliphatic hydroxyl groups is 1. The minimum Gasteiger partial charge on any atom is -0.390 e. The molecule has 2 aliphatic rings. The Labute approximate surface area is 91.6 Å². The summed E-state index contributed by atoms with van der Waals surface area (Å²) in [6.45, 7) is 5.82. The quantitative estimate of drug-likeness (QED) is 0.707. The fourth-order valence-corrected chi connectivity index (χ4v) is 2.73. The summed E-state index contributed by atoms with van der Waals surface area (Å²) in [5.41, 5.74) is -0.572. The van der Waals surface area contributed by atoms with E-state index in [0.717, 1.165) is 32.1 Å². The molecule has 0 unspecified atom stereocenters. The Bertz CT molecular complexity index is 284. The summed E-state index contributed by atoms with van der Waals surface area (Å²) in [7, 11) is 0. The van der Waals surface area contributed by atoms with E-state index < -0.39 is 0 Å². The predicted molar refractivity (Wildman–Crippen MR) is 60.6 cm³/mol. The molecule has 0 radical (unpaired) electrons. The second-order valence-electron chi connectivity index (χ2n) is 4.97. The lowest BCUT2D eigenvalue weighted by molar-refractivity contribution is -0.209. The minimum atomic E-state index is -0.370. The van der Waals surface area contributed by atoms with Crippen LogP contribution in [-0.4, -0.2) is 22.4 Å². The average Bonchev–Trinajstić information content (AvgIpc) is 2.33. The van der Waals surface area contributed by atoms with Crippen molar-refractivity contribution in [1.82, 2.24) is 0 Å². The normalized spacial score (nSPS) is 44.8. The first kappa shape index (κ1) is 10.9. The molecule has 0 saturated carbocycles. The van der Waals surface area contributed by atoms with Gasteiger partial charge in [-0.05, 0) is 39.0 Å². The van der Waals surface area contributed by atoms with Crippen molar-refractivity contribution in [1.29, 1.82) is 0 Å². The lowest BCUT2D eigenvalue weighted by atomic mass is 9.82. The maximum Gasteiger partial charge on any atom is 0.0927 e. The third kappa shape index (κ3) is 1.88. The smallest absolute Gasteiger partial charge is 0.0927 e. The van der Waals surface area contributed by atoms with Crippen molar-refractivity contribution >= 4 is 0 Å². The molecule has 2 nitrogen and oxygen atoms in total. The molecule has 0 aromatic carbocycles. The van der Waals surface area contributed by atoms with E-state index in [9.17, 15) is 5.11 Å². The lowest BCUT2D eigenvalue weighted by Crippen LogP contribution is -2.53. The van der Waals surface area contributed by atoms with E-state index in [1.807, 2.05) is 13.0 Å². The van der Waals surface area contributed by atoms with E-state index in [0.29, 0.717) is 0 Å². The number of hydrogen-bond donors (Lipinski definition) is 1. The first-order chi connectivity index (χ1) is 7.10. The van der Waals surface area contributed by atoms with Crippen LogP contribution in [0.15, 0.2) is 24.8 Å². The van der Waals surface area contributed by atoms with Gasteiger partial charge in [-0.3, -0.25) is 0 Å². The highest BCUT2D eigenvalue weighted by Crippen LogP contribution is 2.43. The topological polar surface area (TPSA) is 29.5 Å². The number of rotatable bonds is 2. The van der Waals surface area contributed by atoms with Crippen molar-refractivity contribution in [3.63, 3.8) is 0 Å². The summed E-state index contributed by atoms with van der Waals surface area (Å²) < 4.78 is 6.17. The van der Waals surface area contributed by atoms with E-state index in [4.69, 9.17) is 4.74 Å². The summed E-state index contributed by atoms with van der Waals surface area (Å²) in [5.74, 6) is 0. The third-order valence-electron chi connectivity index (χ3n) is 3.70. The molecular weight excluding hydrogens is 188 g/mol. The first-order valence-electron chi connectivity index (χ1n) is 5.77. The van der Waals surface area contributed by atoms with Crippen molar-refractivity contribution in [2.45, 2.75) is 56.3 Å². The predicted octanol–water partition coefficient (Wildman–Crippen LogP) is 2.58. The Morgan fingerprint density at radius 1 is 1.60 bits per heavy atom. The fraction of sp³-hybridized carbons (Fsp3) is 0.692. The van der Waals surface area contributed by atoms with Crippen LogP contribution < -0.4 is 0 Å². The molecule has 1 fully saturated rings. The van der Waals surface area contributed by atoms with Gasteiger partial charge in [-0.2, -0.15) is 0 Å². The zero-order valence-corrected chi connectivity index (χ0v) is 9.41. The summed E-state index contributed by atoms with van der Waals surface area (Å²) in [6.07, 6.45) is 10.4. The average molecular weight is 208 g/mol. The highest BCUT2D eigenvalue weighted by molar-refractivity contribution is 5.13. The molecule has 2 bridgehead atoms. The van der Waals surface area contributed by atoms with E-state index in [1.165, 1.54) is 0 Å². The summed E-state index contributed by atoms with van der Waals surface area (Å²) in [5, 5.41) is 10.0. The highest BCUT2D eigenvalue weighted by atomic mass is 16.5. The monoisotopic (exact) mass is 208 g/mol. The second kappa shape index (κ2) is 3.76. The number of aliphatic hydroxyl groups excluding tert-OH is 1. The molecular formula is C13H20O2. The number of ether oxygens (including phenoxy) is 1. The molecule has 2 heteroatoms. The van der Waals surface area contributed by atoms with Gasteiger partial charge in [-0.25, -0.2) is 0 Å². The van der Waals surface area contributed by atoms with E-state index in [-0.39, 0.29) is 17.3 Å². The molecule has 0 aliphatic carbocycles. The SMILES string of the molecule is C=CC[C@@]12C=CCC[C@@](C)(O1)[C@@H](O)CC2. The number of fused-ring (bicyclic) bond motifs is 2. The van der Waals surface area contributed by atoms with Crippen LogP contribution in [-0.2, 0) is 4.74 Å². The largest absolute Gasteiger partial charge is 0.390 e. The van der Waals surface area contributed by atoms with Gasteiger partial charge in [0.05, 0.1) is 17.3 Å². The molecule has 2 heterocycles. The standard InChI is InChI=1S/C13H20O2/c1-3-7-13-9-5-4-8-12(2,15-13)11(14)6-10-13/h3,5,9,11,14H,1,4,6-8,10H2,2H3/t11-,12+,13-/m0/s1. The molecule has 2 aliphatic heterocycles. The zero-order chi connectivity index (χ0) is 10.9. The fourth-order valence-electron chi connectivity index (χ4n) is 2.73. The molecule has 1 saturated heterocycles. The molecule has 0 amide bonds. The molecule has 0 spiro atoms. The van der Waals surface area contributed by atoms with Gasteiger partial charge in [-0.1, -0.05) is 18.2 Å². The van der Waals surface area contributed by atoms with Gasteiger partial charge in [-0.15, -0.1) is 6.58 Å². The van der Waals surface area contributed by atoms with Crippen molar-refractivity contribution in [3.8, 4) is 0 Å². The maximum atomic E-state index is 10.0. The van der Waals surface area contributed by atoms with Crippen molar-refractivity contribution < 1.29 is 9.84 Å². The van der Waals surface area contributed by atoms with Gasteiger partial charge in [0.1, 0.15) is 0 Å². The summed E-state index contributed by atoms with van der Waals surface area (Å²) in [4.78, 5) is 0. The van der Waals surface area contributed by atoms with Crippen LogP contribution in [0.3, 0.4) is 0 Å². The van der Waals surface area contributed by atoms with Gasteiger partial charge < -0.3 is 9.84 Å². The van der Waals surface area contributed by atoms with Crippen LogP contribution in [0.25, 0.3) is 0 Å².